The van der Waals surface area contributed by atoms with Crippen LogP contribution in [-0.2, 0) is 10.0 Å². The fraction of sp³-hybridized carbons (Fsp3) is 0.125. The monoisotopic (exact) mass is 532 g/mol. The van der Waals surface area contributed by atoms with Crippen LogP contribution in [0.1, 0.15) is 18.5 Å². The van der Waals surface area contributed by atoms with Crippen LogP contribution in [0.4, 0.5) is 16.2 Å². The van der Waals surface area contributed by atoms with Crippen LogP contribution in [0, 0.1) is 0 Å². The molecule has 1 atom stereocenters. The number of sulfonamides is 1. The number of hydrogen-bond donors (Lipinski definition) is 4. The van der Waals surface area contributed by atoms with Crippen LogP contribution < -0.4 is 20.1 Å². The lowest BCUT2D eigenvalue weighted by atomic mass is 10.1. The first kappa shape index (κ1) is 24.7. The molecule has 0 aliphatic heterocycles. The third kappa shape index (κ3) is 5.48. The molecule has 0 fully saturated rings. The Morgan fingerprint density at radius 2 is 1.69 bits per heavy atom. The predicted molar refractivity (Wildman–Crippen MR) is 139 cm³/mol. The molecule has 11 heteroatoms. The summed E-state index contributed by atoms with van der Waals surface area (Å²) in [6.45, 7) is 1.76. The molecular weight excluding hydrogens is 511 g/mol. The van der Waals surface area contributed by atoms with E-state index in [9.17, 15) is 13.2 Å². The zero-order valence-electron chi connectivity index (χ0n) is 18.7. The SMILES string of the molecule is COc1ccc(C(C)NC(=O)Nc2ccc(S(=O)(=O)Nc3ccc4[nH]ccc4c3)cc2)c(Cl)c1Cl. The van der Waals surface area contributed by atoms with Gasteiger partial charge in [-0.05, 0) is 67.1 Å². The highest BCUT2D eigenvalue weighted by Crippen LogP contribution is 2.37. The summed E-state index contributed by atoms with van der Waals surface area (Å²) < 4.78 is 33.2. The van der Waals surface area contributed by atoms with Crippen molar-refractivity contribution in [3.63, 3.8) is 0 Å². The van der Waals surface area contributed by atoms with E-state index in [1.165, 1.54) is 31.4 Å². The van der Waals surface area contributed by atoms with Crippen LogP contribution >= 0.6 is 23.2 Å². The second-order valence-electron chi connectivity index (χ2n) is 7.71. The fourth-order valence-corrected chi connectivity index (χ4v) is 5.15. The van der Waals surface area contributed by atoms with E-state index in [0.29, 0.717) is 22.7 Å². The summed E-state index contributed by atoms with van der Waals surface area (Å²) in [4.78, 5) is 15.6. The molecule has 4 aromatic rings. The first-order valence-electron chi connectivity index (χ1n) is 10.5. The number of carbonyl (C=O) groups excluding carboxylic acids is 1. The second kappa shape index (κ2) is 10.1. The van der Waals surface area contributed by atoms with Gasteiger partial charge >= 0.3 is 6.03 Å². The number of carbonyl (C=O) groups is 1. The van der Waals surface area contributed by atoms with Crippen molar-refractivity contribution in [3.8, 4) is 5.75 Å². The summed E-state index contributed by atoms with van der Waals surface area (Å²) in [6, 6.07) is 15.4. The number of benzene rings is 3. The smallest absolute Gasteiger partial charge is 0.319 e. The molecule has 1 heterocycles. The molecule has 0 saturated heterocycles. The fourth-order valence-electron chi connectivity index (χ4n) is 3.53. The Morgan fingerprint density at radius 3 is 2.40 bits per heavy atom. The van der Waals surface area contributed by atoms with Crippen LogP contribution in [0.3, 0.4) is 0 Å². The molecule has 2 amide bonds. The first-order chi connectivity index (χ1) is 16.7. The number of fused-ring (bicyclic) bond motifs is 1. The summed E-state index contributed by atoms with van der Waals surface area (Å²) in [6.07, 6.45) is 1.78. The Hall–Kier alpha value is -3.40. The molecule has 4 N–H and O–H groups in total. The number of anilines is 2. The third-order valence-corrected chi connectivity index (χ3v) is 7.62. The number of aromatic amines is 1. The van der Waals surface area contributed by atoms with Crippen molar-refractivity contribution in [1.82, 2.24) is 10.3 Å². The molecule has 1 unspecified atom stereocenters. The molecule has 0 radical (unpaired) electrons. The molecule has 4 rings (SSSR count). The quantitative estimate of drug-likeness (QED) is 0.228. The minimum atomic E-state index is -3.81. The van der Waals surface area contributed by atoms with Gasteiger partial charge in [0.05, 0.1) is 23.1 Å². The molecule has 0 aliphatic rings. The van der Waals surface area contributed by atoms with Crippen molar-refractivity contribution in [3.05, 3.63) is 82.5 Å². The van der Waals surface area contributed by atoms with Gasteiger partial charge in [0.2, 0.25) is 0 Å². The number of nitrogens with one attached hydrogen (secondary N) is 4. The molecule has 182 valence electrons. The molecule has 3 aromatic carbocycles. The number of ether oxygens (including phenoxy) is 1. The van der Waals surface area contributed by atoms with Gasteiger partial charge in [-0.3, -0.25) is 4.72 Å². The van der Waals surface area contributed by atoms with Crippen molar-refractivity contribution in [2.75, 3.05) is 17.1 Å². The number of amides is 2. The van der Waals surface area contributed by atoms with E-state index in [4.69, 9.17) is 27.9 Å². The Bertz CT molecular complexity index is 1490. The van der Waals surface area contributed by atoms with Gasteiger partial charge in [-0.15, -0.1) is 0 Å². The van der Waals surface area contributed by atoms with E-state index >= 15 is 0 Å². The van der Waals surface area contributed by atoms with Crippen LogP contribution in [0.15, 0.2) is 71.8 Å². The number of urea groups is 1. The van der Waals surface area contributed by atoms with Crippen molar-refractivity contribution < 1.29 is 17.9 Å². The van der Waals surface area contributed by atoms with Crippen molar-refractivity contribution in [1.29, 1.82) is 0 Å². The Kier molecular flexibility index (Phi) is 7.11. The maximum Gasteiger partial charge on any atom is 0.319 e. The predicted octanol–water partition coefficient (Wildman–Crippen LogP) is 6.17. The van der Waals surface area contributed by atoms with E-state index in [2.05, 4.69) is 20.3 Å². The maximum absolute atomic E-state index is 12.8. The van der Waals surface area contributed by atoms with Gasteiger partial charge < -0.3 is 20.4 Å². The van der Waals surface area contributed by atoms with Gasteiger partial charge in [0.15, 0.2) is 0 Å². The van der Waals surface area contributed by atoms with Crippen LogP contribution in [0.2, 0.25) is 10.0 Å². The van der Waals surface area contributed by atoms with Gasteiger partial charge in [-0.2, -0.15) is 0 Å². The van der Waals surface area contributed by atoms with Gasteiger partial charge in [0.1, 0.15) is 10.8 Å². The van der Waals surface area contributed by atoms with E-state index in [1.807, 2.05) is 6.07 Å². The standard InChI is InChI=1S/C24H22Cl2N4O4S/c1-14(19-8-10-21(34-2)23(26)22(19)25)28-24(31)29-16-3-6-18(7-4-16)35(32,33)30-17-5-9-20-15(13-17)11-12-27-20/h3-14,27,30H,1-2H3,(H2,28,29,31). The Balaban J connectivity index is 1.40. The number of halogens is 2. The van der Waals surface area contributed by atoms with Gasteiger partial charge in [0, 0.05) is 28.5 Å². The molecule has 35 heavy (non-hydrogen) atoms. The third-order valence-electron chi connectivity index (χ3n) is 5.34. The molecule has 1 aromatic heterocycles. The molecule has 0 spiro atoms. The summed E-state index contributed by atoms with van der Waals surface area (Å²) in [5.74, 6) is 0.437. The Morgan fingerprint density at radius 1 is 0.971 bits per heavy atom. The summed E-state index contributed by atoms with van der Waals surface area (Å²) in [7, 11) is -2.32. The number of rotatable bonds is 7. The van der Waals surface area contributed by atoms with Crippen LogP contribution in [0.25, 0.3) is 10.9 Å². The van der Waals surface area contributed by atoms with E-state index in [0.717, 1.165) is 10.9 Å². The van der Waals surface area contributed by atoms with Gasteiger partial charge in [-0.1, -0.05) is 29.3 Å². The lowest BCUT2D eigenvalue weighted by Crippen LogP contribution is -2.31. The topological polar surface area (TPSA) is 112 Å². The van der Waals surface area contributed by atoms with Crippen molar-refractivity contribution in [2.45, 2.75) is 17.9 Å². The highest BCUT2D eigenvalue weighted by atomic mass is 35.5. The average molecular weight is 533 g/mol. The zero-order chi connectivity index (χ0) is 25.2. The highest BCUT2D eigenvalue weighted by Gasteiger charge is 2.18. The van der Waals surface area contributed by atoms with Crippen molar-refractivity contribution >= 4 is 61.5 Å². The van der Waals surface area contributed by atoms with Crippen LogP contribution in [-0.4, -0.2) is 26.5 Å². The summed E-state index contributed by atoms with van der Waals surface area (Å²) >= 11 is 12.5. The van der Waals surface area contributed by atoms with Gasteiger partial charge in [-0.25, -0.2) is 13.2 Å². The maximum atomic E-state index is 12.8. The Labute approximate surface area is 212 Å². The molecule has 0 bridgehead atoms. The lowest BCUT2D eigenvalue weighted by Gasteiger charge is -2.18. The lowest BCUT2D eigenvalue weighted by molar-refractivity contribution is 0.249. The molecule has 0 aliphatic carbocycles. The molecule has 0 saturated carbocycles. The van der Waals surface area contributed by atoms with E-state index < -0.39 is 22.1 Å². The average Bonchev–Trinajstić information content (AvgIpc) is 3.28. The van der Waals surface area contributed by atoms with E-state index in [1.54, 1.807) is 43.5 Å². The number of hydrogen-bond acceptors (Lipinski definition) is 4. The number of aromatic nitrogens is 1. The van der Waals surface area contributed by atoms with Crippen molar-refractivity contribution in [2.24, 2.45) is 0 Å². The number of methoxy groups -OCH3 is 1. The second-order valence-corrected chi connectivity index (χ2v) is 10.2. The summed E-state index contributed by atoms with van der Waals surface area (Å²) in [5.41, 5.74) is 2.40. The first-order valence-corrected chi connectivity index (χ1v) is 12.7. The van der Waals surface area contributed by atoms with Gasteiger partial charge in [0.25, 0.3) is 10.0 Å². The summed E-state index contributed by atoms with van der Waals surface area (Å²) in [5, 5.41) is 6.89. The zero-order valence-corrected chi connectivity index (χ0v) is 21.1. The van der Waals surface area contributed by atoms with Crippen LogP contribution in [0.5, 0.6) is 5.75 Å². The molecule has 8 nitrogen and oxygen atoms in total. The highest BCUT2D eigenvalue weighted by molar-refractivity contribution is 7.92. The minimum absolute atomic E-state index is 0.0608. The minimum Gasteiger partial charge on any atom is -0.495 e. The number of H-pyrrole nitrogens is 1. The largest absolute Gasteiger partial charge is 0.495 e. The molecular formula is C24H22Cl2N4O4S. The van der Waals surface area contributed by atoms with E-state index in [-0.39, 0.29) is 14.9 Å². The normalized spacial score (nSPS) is 12.2.